The molecule has 2 heteroatoms. The molecule has 2 rings (SSSR count). The van der Waals surface area contributed by atoms with E-state index in [4.69, 9.17) is 0 Å². The molecule has 0 heterocycles. The van der Waals surface area contributed by atoms with E-state index in [1.165, 1.54) is 25.7 Å². The lowest BCUT2D eigenvalue weighted by Crippen LogP contribution is -2.46. The number of rotatable bonds is 0. The van der Waals surface area contributed by atoms with E-state index in [-0.39, 0.29) is 6.10 Å². The first kappa shape index (κ1) is 10.9. The molecule has 2 saturated carbocycles. The van der Waals surface area contributed by atoms with Gasteiger partial charge in [0.05, 0.1) is 6.10 Å². The summed E-state index contributed by atoms with van der Waals surface area (Å²) in [7, 11) is 0. The smallest absolute Gasteiger partial charge is 0.0693 e. The fraction of sp³-hybridized carbons (Fsp3) is 1.00. The average Bonchev–Trinajstić information content (AvgIpc) is 2.14. The lowest BCUT2D eigenvalue weighted by Gasteiger charge is -2.48. The summed E-state index contributed by atoms with van der Waals surface area (Å²) in [5.74, 6) is 2.93. The molecule has 5 unspecified atom stereocenters. The summed E-state index contributed by atoms with van der Waals surface area (Å²) in [5, 5.41) is 10.1. The minimum Gasteiger partial charge on any atom is -0.392 e. The number of aliphatic hydroxyl groups excluding tert-OH is 1. The maximum Gasteiger partial charge on any atom is 0.0693 e. The predicted octanol–water partition coefficient (Wildman–Crippen LogP) is 3.20. The van der Waals surface area contributed by atoms with Crippen LogP contribution >= 0.6 is 15.9 Å². The molecule has 2 fully saturated rings. The Balaban J connectivity index is 2.14. The highest BCUT2D eigenvalue weighted by molar-refractivity contribution is 9.09. The van der Waals surface area contributed by atoms with Crippen LogP contribution in [0.25, 0.3) is 0 Å². The van der Waals surface area contributed by atoms with E-state index < -0.39 is 0 Å². The van der Waals surface area contributed by atoms with Crippen LogP contribution in [0.5, 0.6) is 0 Å². The van der Waals surface area contributed by atoms with E-state index in [1.54, 1.807) is 0 Å². The molecular weight excluding hydrogens is 240 g/mol. The molecule has 0 aromatic heterocycles. The van der Waals surface area contributed by atoms with E-state index in [2.05, 4.69) is 29.8 Å². The van der Waals surface area contributed by atoms with Gasteiger partial charge in [0.15, 0.2) is 0 Å². The van der Waals surface area contributed by atoms with Crippen molar-refractivity contribution in [2.45, 2.75) is 50.5 Å². The number of aliphatic hydroxyl groups is 1. The lowest BCUT2D eigenvalue weighted by molar-refractivity contribution is -0.0231. The molecule has 1 nitrogen and oxygen atoms in total. The molecule has 0 aliphatic heterocycles. The van der Waals surface area contributed by atoms with Crippen LogP contribution in [-0.4, -0.2) is 16.0 Å². The third-order valence-corrected chi connectivity index (χ3v) is 5.40. The summed E-state index contributed by atoms with van der Waals surface area (Å²) in [6.45, 7) is 4.60. The Bertz CT molecular complexity index is 204. The molecule has 0 bridgehead atoms. The quantitative estimate of drug-likeness (QED) is 0.664. The maximum absolute atomic E-state index is 10.1. The Kier molecular flexibility index (Phi) is 3.23. The van der Waals surface area contributed by atoms with Crippen molar-refractivity contribution in [1.29, 1.82) is 0 Å². The van der Waals surface area contributed by atoms with Crippen LogP contribution in [0.3, 0.4) is 0 Å². The molecule has 14 heavy (non-hydrogen) atoms. The number of hydrogen-bond acceptors (Lipinski definition) is 1. The number of halogens is 1. The highest BCUT2D eigenvalue weighted by atomic mass is 79.9. The highest BCUT2D eigenvalue weighted by Crippen LogP contribution is 2.48. The molecule has 2 aliphatic rings. The van der Waals surface area contributed by atoms with E-state index in [9.17, 15) is 5.11 Å². The van der Waals surface area contributed by atoms with Gasteiger partial charge >= 0.3 is 0 Å². The van der Waals surface area contributed by atoms with Crippen molar-refractivity contribution < 1.29 is 5.11 Å². The lowest BCUT2D eigenvalue weighted by atomic mass is 9.61. The molecule has 82 valence electrons. The Hall–Kier alpha value is 0.440. The van der Waals surface area contributed by atoms with Gasteiger partial charge in [-0.2, -0.15) is 0 Å². The number of alkyl halides is 1. The fourth-order valence-corrected chi connectivity index (χ4v) is 4.72. The first-order valence-corrected chi connectivity index (χ1v) is 6.85. The van der Waals surface area contributed by atoms with Gasteiger partial charge in [-0.05, 0) is 30.1 Å². The number of hydrogen-bond donors (Lipinski definition) is 1. The SMILES string of the molecule is CC1CCCC2CC(Br)C(O)[C@@H](C)C12. The Labute approximate surface area is 95.4 Å². The molecule has 0 aromatic carbocycles. The van der Waals surface area contributed by atoms with Crippen LogP contribution in [0.1, 0.15) is 39.5 Å². The van der Waals surface area contributed by atoms with Crippen molar-refractivity contribution in [2.24, 2.45) is 23.7 Å². The summed E-state index contributed by atoms with van der Waals surface area (Å²) in [6.07, 6.45) is 5.20. The normalized spacial score (nSPS) is 54.0. The zero-order valence-corrected chi connectivity index (χ0v) is 10.7. The molecule has 0 spiro atoms. The predicted molar refractivity (Wildman–Crippen MR) is 62.5 cm³/mol. The second-order valence-electron chi connectivity index (χ2n) is 5.35. The van der Waals surface area contributed by atoms with Gasteiger partial charge in [0.1, 0.15) is 0 Å². The average molecular weight is 261 g/mol. The molecule has 1 N–H and O–H groups in total. The number of fused-ring (bicyclic) bond motifs is 1. The van der Waals surface area contributed by atoms with Crippen LogP contribution in [0, 0.1) is 23.7 Å². The van der Waals surface area contributed by atoms with E-state index in [0.29, 0.717) is 10.7 Å². The molecule has 6 atom stereocenters. The van der Waals surface area contributed by atoms with Gasteiger partial charge < -0.3 is 5.11 Å². The van der Waals surface area contributed by atoms with E-state index in [0.717, 1.165) is 17.8 Å². The molecule has 0 radical (unpaired) electrons. The summed E-state index contributed by atoms with van der Waals surface area (Å²) in [4.78, 5) is 0.337. The van der Waals surface area contributed by atoms with Crippen molar-refractivity contribution in [3.8, 4) is 0 Å². The van der Waals surface area contributed by atoms with Gasteiger partial charge in [0.2, 0.25) is 0 Å². The van der Waals surface area contributed by atoms with E-state index >= 15 is 0 Å². The van der Waals surface area contributed by atoms with Gasteiger partial charge in [-0.25, -0.2) is 0 Å². The van der Waals surface area contributed by atoms with Crippen molar-refractivity contribution >= 4 is 15.9 Å². The minimum atomic E-state index is -0.128. The molecule has 0 aromatic rings. The van der Waals surface area contributed by atoms with Gasteiger partial charge in [-0.3, -0.25) is 0 Å². The largest absolute Gasteiger partial charge is 0.392 e. The van der Waals surface area contributed by atoms with Gasteiger partial charge in [0, 0.05) is 4.83 Å². The first-order valence-electron chi connectivity index (χ1n) is 5.93. The second kappa shape index (κ2) is 4.13. The summed E-state index contributed by atoms with van der Waals surface area (Å²) in [6, 6.07) is 0. The third kappa shape index (κ3) is 1.76. The summed E-state index contributed by atoms with van der Waals surface area (Å²) >= 11 is 3.63. The van der Waals surface area contributed by atoms with Gasteiger partial charge in [-0.15, -0.1) is 0 Å². The van der Waals surface area contributed by atoms with Crippen molar-refractivity contribution in [3.05, 3.63) is 0 Å². The highest BCUT2D eigenvalue weighted by Gasteiger charge is 2.44. The fourth-order valence-electron chi connectivity index (χ4n) is 3.76. The van der Waals surface area contributed by atoms with Crippen molar-refractivity contribution in [1.82, 2.24) is 0 Å². The zero-order valence-electron chi connectivity index (χ0n) is 9.12. The maximum atomic E-state index is 10.1. The topological polar surface area (TPSA) is 20.2 Å². The Morgan fingerprint density at radius 1 is 1.21 bits per heavy atom. The third-order valence-electron chi connectivity index (χ3n) is 4.48. The molecular formula is C12H21BrO. The van der Waals surface area contributed by atoms with Gasteiger partial charge in [-0.1, -0.05) is 49.0 Å². The standard InChI is InChI=1S/C12H21BrO/c1-7-4-3-5-9-6-10(13)12(14)8(2)11(7)9/h7-12,14H,3-6H2,1-2H3/t7?,8-,9?,10?,11?,12?/m0/s1. The van der Waals surface area contributed by atoms with Gasteiger partial charge in [0.25, 0.3) is 0 Å². The van der Waals surface area contributed by atoms with Crippen molar-refractivity contribution in [3.63, 3.8) is 0 Å². The Morgan fingerprint density at radius 3 is 2.64 bits per heavy atom. The zero-order chi connectivity index (χ0) is 10.3. The first-order chi connectivity index (χ1) is 6.61. The van der Waals surface area contributed by atoms with Crippen LogP contribution in [0.2, 0.25) is 0 Å². The van der Waals surface area contributed by atoms with Crippen LogP contribution in [-0.2, 0) is 0 Å². The minimum absolute atomic E-state index is 0.128. The molecule has 0 amide bonds. The Morgan fingerprint density at radius 2 is 1.93 bits per heavy atom. The second-order valence-corrected chi connectivity index (χ2v) is 6.52. The van der Waals surface area contributed by atoms with Crippen LogP contribution in [0.15, 0.2) is 0 Å². The molecule has 2 aliphatic carbocycles. The van der Waals surface area contributed by atoms with Crippen LogP contribution < -0.4 is 0 Å². The van der Waals surface area contributed by atoms with Crippen molar-refractivity contribution in [2.75, 3.05) is 0 Å². The van der Waals surface area contributed by atoms with Crippen LogP contribution in [0.4, 0.5) is 0 Å². The summed E-state index contributed by atoms with van der Waals surface area (Å²) in [5.41, 5.74) is 0. The monoisotopic (exact) mass is 260 g/mol. The van der Waals surface area contributed by atoms with E-state index in [1.807, 2.05) is 0 Å². The molecule has 0 saturated heterocycles. The summed E-state index contributed by atoms with van der Waals surface area (Å²) < 4.78 is 0.